The average molecular weight is 314 g/mol. The highest BCUT2D eigenvalue weighted by Gasteiger charge is 2.24. The maximum atomic E-state index is 11.4. The Labute approximate surface area is 134 Å². The van der Waals surface area contributed by atoms with Crippen LogP contribution >= 0.6 is 11.6 Å². The SMILES string of the molecule is O=[N+]([O-])c1cccc(C2C=CC(Cl)CC2)c1-c1ccccc1. The molecule has 1 aliphatic carbocycles. The average Bonchev–Trinajstić information content (AvgIpc) is 2.55. The summed E-state index contributed by atoms with van der Waals surface area (Å²) < 4.78 is 0. The van der Waals surface area contributed by atoms with Gasteiger partial charge in [0.15, 0.2) is 0 Å². The van der Waals surface area contributed by atoms with Crippen molar-refractivity contribution in [2.24, 2.45) is 0 Å². The van der Waals surface area contributed by atoms with Crippen LogP contribution in [0.15, 0.2) is 60.7 Å². The van der Waals surface area contributed by atoms with Gasteiger partial charge < -0.3 is 0 Å². The maximum Gasteiger partial charge on any atom is 0.277 e. The lowest BCUT2D eigenvalue weighted by Gasteiger charge is -2.22. The summed E-state index contributed by atoms with van der Waals surface area (Å²) in [5.41, 5.74) is 2.76. The fraction of sp³-hybridized carbons (Fsp3) is 0.222. The highest BCUT2D eigenvalue weighted by atomic mass is 35.5. The lowest BCUT2D eigenvalue weighted by atomic mass is 9.84. The van der Waals surface area contributed by atoms with Crippen molar-refractivity contribution in [1.82, 2.24) is 0 Å². The molecular weight excluding hydrogens is 298 g/mol. The van der Waals surface area contributed by atoms with Crippen LogP contribution in [0.4, 0.5) is 5.69 Å². The maximum absolute atomic E-state index is 11.4. The summed E-state index contributed by atoms with van der Waals surface area (Å²) in [4.78, 5) is 11.1. The first-order chi connectivity index (χ1) is 10.7. The van der Waals surface area contributed by atoms with Gasteiger partial charge in [-0.3, -0.25) is 10.1 Å². The van der Waals surface area contributed by atoms with Crippen LogP contribution in [-0.4, -0.2) is 10.3 Å². The summed E-state index contributed by atoms with van der Waals surface area (Å²) in [6.07, 6.45) is 5.86. The standard InChI is InChI=1S/C18H16ClNO2/c19-15-11-9-13(10-12-15)16-7-4-8-17(20(21)22)18(16)14-5-2-1-3-6-14/h1-9,11,13,15H,10,12H2. The molecule has 2 aromatic rings. The number of halogens is 1. The van der Waals surface area contributed by atoms with E-state index in [0.717, 1.165) is 29.5 Å². The highest BCUT2D eigenvalue weighted by Crippen LogP contribution is 2.40. The van der Waals surface area contributed by atoms with Crippen LogP contribution in [0.1, 0.15) is 24.3 Å². The van der Waals surface area contributed by atoms with Gasteiger partial charge in [0, 0.05) is 12.0 Å². The number of rotatable bonds is 3. The smallest absolute Gasteiger partial charge is 0.258 e. The molecule has 0 fully saturated rings. The first-order valence-corrected chi connectivity index (χ1v) is 7.75. The first kappa shape index (κ1) is 14.8. The molecule has 0 aromatic heterocycles. The van der Waals surface area contributed by atoms with Crippen LogP contribution in [0, 0.1) is 10.1 Å². The molecule has 0 saturated carbocycles. The Morgan fingerprint density at radius 3 is 2.41 bits per heavy atom. The molecule has 1 aliphatic rings. The lowest BCUT2D eigenvalue weighted by molar-refractivity contribution is -0.384. The van der Waals surface area contributed by atoms with E-state index in [1.165, 1.54) is 0 Å². The molecular formula is C18H16ClNO2. The molecule has 0 amide bonds. The second kappa shape index (κ2) is 6.32. The van der Waals surface area contributed by atoms with Crippen molar-refractivity contribution in [2.45, 2.75) is 24.1 Å². The number of allylic oxidation sites excluding steroid dienone is 2. The number of hydrogen-bond acceptors (Lipinski definition) is 2. The zero-order valence-electron chi connectivity index (χ0n) is 12.0. The molecule has 112 valence electrons. The molecule has 0 spiro atoms. The third-order valence-corrected chi connectivity index (χ3v) is 4.40. The van der Waals surface area contributed by atoms with Gasteiger partial charge in [-0.25, -0.2) is 0 Å². The minimum atomic E-state index is -0.303. The molecule has 0 aliphatic heterocycles. The fourth-order valence-corrected chi connectivity index (χ4v) is 3.19. The summed E-state index contributed by atoms with van der Waals surface area (Å²) in [7, 11) is 0. The molecule has 3 nitrogen and oxygen atoms in total. The van der Waals surface area contributed by atoms with Crippen molar-refractivity contribution in [3.8, 4) is 11.1 Å². The van der Waals surface area contributed by atoms with E-state index in [0.29, 0.717) is 0 Å². The zero-order valence-corrected chi connectivity index (χ0v) is 12.7. The van der Waals surface area contributed by atoms with Gasteiger partial charge in [0.2, 0.25) is 0 Å². The van der Waals surface area contributed by atoms with E-state index < -0.39 is 0 Å². The van der Waals surface area contributed by atoms with E-state index >= 15 is 0 Å². The Kier molecular flexibility index (Phi) is 4.25. The van der Waals surface area contributed by atoms with Crippen molar-refractivity contribution in [1.29, 1.82) is 0 Å². The number of alkyl halides is 1. The van der Waals surface area contributed by atoms with Crippen LogP contribution in [0.25, 0.3) is 11.1 Å². The van der Waals surface area contributed by atoms with Crippen LogP contribution in [0.5, 0.6) is 0 Å². The zero-order chi connectivity index (χ0) is 15.5. The predicted octanol–water partition coefficient (Wildman–Crippen LogP) is 5.30. The minimum Gasteiger partial charge on any atom is -0.258 e. The molecule has 3 rings (SSSR count). The Hall–Kier alpha value is -2.13. The molecule has 0 radical (unpaired) electrons. The number of nitrogens with zero attached hydrogens (tertiary/aromatic N) is 1. The molecule has 0 saturated heterocycles. The van der Waals surface area contributed by atoms with Gasteiger partial charge >= 0.3 is 0 Å². The van der Waals surface area contributed by atoms with Crippen molar-refractivity contribution in [2.75, 3.05) is 0 Å². The molecule has 0 heterocycles. The summed E-state index contributed by atoms with van der Waals surface area (Å²) in [6, 6.07) is 14.9. The van der Waals surface area contributed by atoms with Crippen molar-refractivity contribution in [3.63, 3.8) is 0 Å². The molecule has 4 heteroatoms. The Balaban J connectivity index is 2.16. The number of nitro benzene ring substituents is 1. The third kappa shape index (κ3) is 2.90. The molecule has 2 unspecified atom stereocenters. The van der Waals surface area contributed by atoms with E-state index in [4.69, 9.17) is 11.6 Å². The second-order valence-electron chi connectivity index (χ2n) is 5.45. The predicted molar refractivity (Wildman–Crippen MR) is 89.3 cm³/mol. The van der Waals surface area contributed by atoms with Gasteiger partial charge in [0.05, 0.1) is 15.9 Å². The Bertz CT molecular complexity index is 712. The summed E-state index contributed by atoms with van der Waals surface area (Å²) in [5, 5.41) is 11.5. The van der Waals surface area contributed by atoms with E-state index in [-0.39, 0.29) is 21.9 Å². The van der Waals surface area contributed by atoms with Crippen LogP contribution in [0.3, 0.4) is 0 Å². The molecule has 0 bridgehead atoms. The van der Waals surface area contributed by atoms with Gasteiger partial charge in [0.1, 0.15) is 0 Å². The summed E-state index contributed by atoms with van der Waals surface area (Å²) in [6.45, 7) is 0. The van der Waals surface area contributed by atoms with E-state index in [9.17, 15) is 10.1 Å². The quantitative estimate of drug-likeness (QED) is 0.334. The van der Waals surface area contributed by atoms with Gasteiger partial charge in [-0.2, -0.15) is 0 Å². The highest BCUT2D eigenvalue weighted by molar-refractivity contribution is 6.21. The molecule has 2 atom stereocenters. The van der Waals surface area contributed by atoms with Crippen molar-refractivity contribution < 1.29 is 4.92 Å². The topological polar surface area (TPSA) is 43.1 Å². The largest absolute Gasteiger partial charge is 0.277 e. The van der Waals surface area contributed by atoms with E-state index in [1.807, 2.05) is 42.5 Å². The van der Waals surface area contributed by atoms with Crippen LogP contribution in [0.2, 0.25) is 0 Å². The molecule has 0 N–H and O–H groups in total. The summed E-state index contributed by atoms with van der Waals surface area (Å²) in [5.74, 6) is 0.171. The Morgan fingerprint density at radius 2 is 1.77 bits per heavy atom. The van der Waals surface area contributed by atoms with E-state index in [2.05, 4.69) is 6.08 Å². The summed E-state index contributed by atoms with van der Waals surface area (Å²) >= 11 is 6.11. The molecule has 2 aromatic carbocycles. The number of hydrogen-bond donors (Lipinski definition) is 0. The van der Waals surface area contributed by atoms with Crippen LogP contribution in [-0.2, 0) is 0 Å². The van der Waals surface area contributed by atoms with Crippen molar-refractivity contribution >= 4 is 17.3 Å². The second-order valence-corrected chi connectivity index (χ2v) is 6.01. The van der Waals surface area contributed by atoms with Gasteiger partial charge in [0.25, 0.3) is 5.69 Å². The van der Waals surface area contributed by atoms with Gasteiger partial charge in [-0.05, 0) is 24.0 Å². The van der Waals surface area contributed by atoms with Gasteiger partial charge in [-0.1, -0.05) is 54.6 Å². The van der Waals surface area contributed by atoms with E-state index in [1.54, 1.807) is 12.1 Å². The fourth-order valence-electron chi connectivity index (χ4n) is 2.98. The monoisotopic (exact) mass is 313 g/mol. The third-order valence-electron chi connectivity index (χ3n) is 4.04. The first-order valence-electron chi connectivity index (χ1n) is 7.32. The Morgan fingerprint density at radius 1 is 1.00 bits per heavy atom. The number of benzene rings is 2. The van der Waals surface area contributed by atoms with Crippen LogP contribution < -0.4 is 0 Å². The van der Waals surface area contributed by atoms with Crippen molar-refractivity contribution in [3.05, 3.63) is 76.4 Å². The molecule has 22 heavy (non-hydrogen) atoms. The normalized spacial score (nSPS) is 20.8. The van der Waals surface area contributed by atoms with Gasteiger partial charge in [-0.15, -0.1) is 11.6 Å². The lowest BCUT2D eigenvalue weighted by Crippen LogP contribution is -2.08. The number of nitro groups is 1. The minimum absolute atomic E-state index is 0.0649.